The van der Waals surface area contributed by atoms with E-state index in [9.17, 15) is 4.79 Å². The van der Waals surface area contributed by atoms with Crippen molar-refractivity contribution in [3.63, 3.8) is 0 Å². The van der Waals surface area contributed by atoms with Crippen molar-refractivity contribution in [3.05, 3.63) is 76.8 Å². The van der Waals surface area contributed by atoms with Gasteiger partial charge in [-0.25, -0.2) is 4.79 Å². The first kappa shape index (κ1) is 17.1. The Labute approximate surface area is 159 Å². The molecule has 2 aromatic rings. The molecule has 4 rings (SSSR count). The van der Waals surface area contributed by atoms with Crippen LogP contribution in [0.1, 0.15) is 12.0 Å². The van der Waals surface area contributed by atoms with Crippen LogP contribution in [0.25, 0.3) is 0 Å². The van der Waals surface area contributed by atoms with Crippen molar-refractivity contribution in [2.24, 2.45) is 0 Å². The summed E-state index contributed by atoms with van der Waals surface area (Å²) in [7, 11) is 0. The second-order valence-corrected chi connectivity index (χ2v) is 7.13. The fraction of sp³-hybridized carbons (Fsp3) is 0.286. The Morgan fingerprint density at radius 1 is 1.04 bits per heavy atom. The van der Waals surface area contributed by atoms with Gasteiger partial charge in [-0.1, -0.05) is 48.0 Å². The van der Waals surface area contributed by atoms with Crippen LogP contribution in [0.3, 0.4) is 0 Å². The van der Waals surface area contributed by atoms with E-state index < -0.39 is 0 Å². The van der Waals surface area contributed by atoms with E-state index in [0.29, 0.717) is 18.1 Å². The highest BCUT2D eigenvalue weighted by Crippen LogP contribution is 2.26. The van der Waals surface area contributed by atoms with Crippen molar-refractivity contribution in [2.75, 3.05) is 24.5 Å². The summed E-state index contributed by atoms with van der Waals surface area (Å²) in [6, 6.07) is 17.9. The van der Waals surface area contributed by atoms with Gasteiger partial charge in [0.2, 0.25) is 0 Å². The van der Waals surface area contributed by atoms with E-state index in [4.69, 9.17) is 11.6 Å². The molecule has 26 heavy (non-hydrogen) atoms. The Bertz CT molecular complexity index is 804. The van der Waals surface area contributed by atoms with Gasteiger partial charge >= 0.3 is 6.03 Å². The maximum atomic E-state index is 13.0. The summed E-state index contributed by atoms with van der Waals surface area (Å²) in [4.78, 5) is 16.8. The number of nitrogens with zero attached hydrogens (tertiary/aromatic N) is 2. The minimum atomic E-state index is -0.0336. The number of benzene rings is 2. The molecule has 2 aliphatic rings. The molecule has 2 aromatic carbocycles. The molecule has 1 atom stereocenters. The summed E-state index contributed by atoms with van der Waals surface area (Å²) in [5.74, 6) is 0. The molecule has 134 valence electrons. The van der Waals surface area contributed by atoms with Crippen LogP contribution >= 0.6 is 11.6 Å². The molecule has 1 N–H and O–H groups in total. The van der Waals surface area contributed by atoms with E-state index >= 15 is 0 Å². The number of urea groups is 1. The largest absolute Gasteiger partial charge is 0.326 e. The molecular weight excluding hydrogens is 346 g/mol. The van der Waals surface area contributed by atoms with E-state index in [1.54, 1.807) is 0 Å². The van der Waals surface area contributed by atoms with Crippen LogP contribution in [-0.2, 0) is 6.42 Å². The second-order valence-electron chi connectivity index (χ2n) is 6.69. The van der Waals surface area contributed by atoms with Crippen molar-refractivity contribution in [1.82, 2.24) is 10.2 Å². The summed E-state index contributed by atoms with van der Waals surface area (Å²) in [6.45, 7) is 2.30. The maximum Gasteiger partial charge on any atom is 0.326 e. The van der Waals surface area contributed by atoms with Crippen molar-refractivity contribution in [3.8, 4) is 0 Å². The normalized spacial score (nSPS) is 20.4. The van der Waals surface area contributed by atoms with Gasteiger partial charge in [-0.15, -0.1) is 0 Å². The Kier molecular flexibility index (Phi) is 4.96. The van der Waals surface area contributed by atoms with Crippen LogP contribution in [0.5, 0.6) is 0 Å². The van der Waals surface area contributed by atoms with E-state index in [0.717, 1.165) is 25.1 Å². The molecular formula is C21H22ClN3O. The minimum Gasteiger partial charge on any atom is -0.303 e. The number of carbonyl (C=O) groups is 1. The number of carbonyl (C=O) groups excluding carboxylic acids is 1. The van der Waals surface area contributed by atoms with Crippen molar-refractivity contribution >= 4 is 23.3 Å². The molecule has 0 aliphatic carbocycles. The quantitative estimate of drug-likeness (QED) is 0.827. The van der Waals surface area contributed by atoms with Gasteiger partial charge in [0.25, 0.3) is 0 Å². The highest BCUT2D eigenvalue weighted by atomic mass is 35.5. The predicted molar refractivity (Wildman–Crippen MR) is 106 cm³/mol. The van der Waals surface area contributed by atoms with Crippen LogP contribution in [0.15, 0.2) is 66.2 Å². The first-order valence-corrected chi connectivity index (χ1v) is 9.40. The maximum absolute atomic E-state index is 13.0. The third-order valence-corrected chi connectivity index (χ3v) is 5.23. The highest BCUT2D eigenvalue weighted by molar-refractivity contribution is 6.30. The number of halogens is 1. The molecule has 0 bridgehead atoms. The lowest BCUT2D eigenvalue weighted by Crippen LogP contribution is -2.51. The predicted octanol–water partition coefficient (Wildman–Crippen LogP) is 4.07. The smallest absolute Gasteiger partial charge is 0.303 e. The van der Waals surface area contributed by atoms with Crippen LogP contribution in [0, 0.1) is 0 Å². The summed E-state index contributed by atoms with van der Waals surface area (Å²) in [5, 5.41) is 4.21. The molecule has 1 unspecified atom stereocenters. The topological polar surface area (TPSA) is 35.6 Å². The average Bonchev–Trinajstić information content (AvgIpc) is 3.05. The molecule has 0 radical (unpaired) electrons. The lowest BCUT2D eigenvalue weighted by Gasteiger charge is -2.33. The van der Waals surface area contributed by atoms with E-state index in [1.165, 1.54) is 11.1 Å². The number of rotatable bonds is 4. The molecule has 1 fully saturated rings. The molecule has 0 aromatic heterocycles. The number of amides is 2. The molecule has 0 spiro atoms. The Morgan fingerprint density at radius 2 is 1.81 bits per heavy atom. The molecule has 4 nitrogen and oxygen atoms in total. The minimum absolute atomic E-state index is 0.0336. The van der Waals surface area contributed by atoms with E-state index in [2.05, 4.69) is 35.7 Å². The van der Waals surface area contributed by atoms with Crippen molar-refractivity contribution < 1.29 is 4.79 Å². The third kappa shape index (κ3) is 3.48. The van der Waals surface area contributed by atoms with Gasteiger partial charge in [0.1, 0.15) is 6.17 Å². The van der Waals surface area contributed by atoms with Crippen LogP contribution < -0.4 is 10.2 Å². The second kappa shape index (κ2) is 7.52. The van der Waals surface area contributed by atoms with Gasteiger partial charge in [0.15, 0.2) is 0 Å². The Hall–Kier alpha value is -2.30. The van der Waals surface area contributed by atoms with E-state index in [1.807, 2.05) is 40.1 Å². The highest BCUT2D eigenvalue weighted by Gasteiger charge is 2.36. The van der Waals surface area contributed by atoms with Crippen molar-refractivity contribution in [1.29, 1.82) is 0 Å². The van der Waals surface area contributed by atoms with Gasteiger partial charge in [-0.3, -0.25) is 10.2 Å². The average molecular weight is 368 g/mol. The van der Waals surface area contributed by atoms with Gasteiger partial charge in [-0.05, 0) is 48.2 Å². The molecule has 1 saturated heterocycles. The Balaban J connectivity index is 1.52. The molecule has 5 heteroatoms. The zero-order chi connectivity index (χ0) is 17.9. The SMILES string of the molecule is O=C1N(c2ccc(Cl)cc2)CCN1C1NCCC=C1Cc1ccccc1. The van der Waals surface area contributed by atoms with Crippen LogP contribution in [-0.4, -0.2) is 36.7 Å². The summed E-state index contributed by atoms with van der Waals surface area (Å²) in [5.41, 5.74) is 3.44. The van der Waals surface area contributed by atoms with E-state index in [-0.39, 0.29) is 12.2 Å². The third-order valence-electron chi connectivity index (χ3n) is 4.98. The lowest BCUT2D eigenvalue weighted by atomic mass is 9.98. The number of hydrogen-bond acceptors (Lipinski definition) is 2. The molecule has 0 saturated carbocycles. The first-order valence-electron chi connectivity index (χ1n) is 9.02. The zero-order valence-corrected chi connectivity index (χ0v) is 15.3. The number of hydrogen-bond donors (Lipinski definition) is 1. The Morgan fingerprint density at radius 3 is 2.58 bits per heavy atom. The molecule has 2 amide bonds. The zero-order valence-electron chi connectivity index (χ0n) is 14.6. The summed E-state index contributed by atoms with van der Waals surface area (Å²) >= 11 is 5.97. The molecule has 2 aliphatic heterocycles. The fourth-order valence-corrected chi connectivity index (χ4v) is 3.81. The van der Waals surface area contributed by atoms with Gasteiger partial charge in [0.05, 0.1) is 0 Å². The number of nitrogens with one attached hydrogen (secondary N) is 1. The van der Waals surface area contributed by atoms with Crippen LogP contribution in [0.4, 0.5) is 10.5 Å². The monoisotopic (exact) mass is 367 g/mol. The van der Waals surface area contributed by atoms with Gasteiger partial charge < -0.3 is 4.90 Å². The summed E-state index contributed by atoms with van der Waals surface area (Å²) < 4.78 is 0. The fourth-order valence-electron chi connectivity index (χ4n) is 3.69. The first-order chi connectivity index (χ1) is 12.7. The molecule has 2 heterocycles. The summed E-state index contributed by atoms with van der Waals surface area (Å²) in [6.07, 6.45) is 4.12. The standard InChI is InChI=1S/C21H22ClN3O/c22-18-8-10-19(11-9-18)24-13-14-25(21(24)26)20-17(7-4-12-23-20)15-16-5-2-1-3-6-16/h1-3,5-11,20,23H,4,12-15H2. The van der Waals surface area contributed by atoms with Crippen molar-refractivity contribution in [2.45, 2.75) is 19.0 Å². The lowest BCUT2D eigenvalue weighted by molar-refractivity contribution is 0.196. The number of anilines is 1. The van der Waals surface area contributed by atoms with Gasteiger partial charge in [-0.2, -0.15) is 0 Å². The van der Waals surface area contributed by atoms with Crippen LogP contribution in [0.2, 0.25) is 5.02 Å². The van der Waals surface area contributed by atoms with Gasteiger partial charge in [0, 0.05) is 30.3 Å².